The fourth-order valence-corrected chi connectivity index (χ4v) is 3.74. The zero-order chi connectivity index (χ0) is 17.1. The highest BCUT2D eigenvalue weighted by atomic mass is 79.9. The van der Waals surface area contributed by atoms with Crippen molar-refractivity contribution in [3.05, 3.63) is 45.9 Å². The lowest BCUT2D eigenvalue weighted by Crippen LogP contribution is -2.20. The normalized spacial score (nSPS) is 10.6. The van der Waals surface area contributed by atoms with Crippen molar-refractivity contribution in [1.29, 1.82) is 0 Å². The zero-order valence-electron chi connectivity index (χ0n) is 12.2. The van der Waals surface area contributed by atoms with Crippen molar-refractivity contribution in [3.63, 3.8) is 0 Å². The number of nitrogens with one attached hydrogen (secondary N) is 2. The Morgan fingerprint density at radius 3 is 2.92 bits per heavy atom. The SMILES string of the molecule is NNc1nc2c(Br)cc(NC(=O)COc3ccccc3Cl)cc2s1. The lowest BCUT2D eigenvalue weighted by molar-refractivity contribution is -0.118. The van der Waals surface area contributed by atoms with Crippen molar-refractivity contribution in [3.8, 4) is 5.75 Å². The van der Waals surface area contributed by atoms with Gasteiger partial charge in [0.15, 0.2) is 11.7 Å². The van der Waals surface area contributed by atoms with Crippen LogP contribution in [0.3, 0.4) is 0 Å². The van der Waals surface area contributed by atoms with Crippen LogP contribution in [0, 0.1) is 0 Å². The predicted octanol–water partition coefficient (Wildman–Crippen LogP) is 4.02. The van der Waals surface area contributed by atoms with E-state index >= 15 is 0 Å². The summed E-state index contributed by atoms with van der Waals surface area (Å²) in [4.78, 5) is 16.4. The predicted molar refractivity (Wildman–Crippen MR) is 101 cm³/mol. The average molecular weight is 428 g/mol. The van der Waals surface area contributed by atoms with Gasteiger partial charge >= 0.3 is 0 Å². The molecule has 0 atom stereocenters. The molecule has 1 amide bonds. The molecule has 0 unspecified atom stereocenters. The van der Waals surface area contributed by atoms with Crippen molar-refractivity contribution in [2.75, 3.05) is 17.3 Å². The van der Waals surface area contributed by atoms with Gasteiger partial charge in [0.1, 0.15) is 5.75 Å². The van der Waals surface area contributed by atoms with Crippen molar-refractivity contribution < 1.29 is 9.53 Å². The number of hydrogen-bond donors (Lipinski definition) is 3. The molecule has 124 valence electrons. The highest BCUT2D eigenvalue weighted by Crippen LogP contribution is 2.33. The van der Waals surface area contributed by atoms with Crippen LogP contribution in [-0.4, -0.2) is 17.5 Å². The number of hydrazine groups is 1. The third kappa shape index (κ3) is 3.78. The number of hydrogen-bond acceptors (Lipinski definition) is 6. The molecule has 0 radical (unpaired) electrons. The highest BCUT2D eigenvalue weighted by molar-refractivity contribution is 9.10. The number of anilines is 2. The van der Waals surface area contributed by atoms with Crippen molar-refractivity contribution >= 4 is 65.8 Å². The molecular weight excluding hydrogens is 416 g/mol. The molecule has 0 fully saturated rings. The lowest BCUT2D eigenvalue weighted by atomic mass is 10.3. The number of fused-ring (bicyclic) bond motifs is 1. The molecule has 24 heavy (non-hydrogen) atoms. The van der Waals surface area contributed by atoms with Crippen LogP contribution >= 0.6 is 38.9 Å². The number of halogens is 2. The molecule has 0 aliphatic rings. The van der Waals surface area contributed by atoms with Crippen LogP contribution in [0.5, 0.6) is 5.75 Å². The molecule has 3 rings (SSSR count). The summed E-state index contributed by atoms with van der Waals surface area (Å²) in [5.74, 6) is 5.55. The van der Waals surface area contributed by atoms with Crippen LogP contribution in [0.25, 0.3) is 10.2 Å². The Labute approximate surface area is 155 Å². The van der Waals surface area contributed by atoms with Gasteiger partial charge in [0, 0.05) is 10.2 Å². The fourth-order valence-electron chi connectivity index (χ4n) is 2.02. The Morgan fingerprint density at radius 1 is 1.38 bits per heavy atom. The van der Waals surface area contributed by atoms with Crippen LogP contribution in [0.1, 0.15) is 0 Å². The van der Waals surface area contributed by atoms with Gasteiger partial charge in [-0.15, -0.1) is 0 Å². The second kappa shape index (κ2) is 7.35. The molecule has 9 heteroatoms. The fraction of sp³-hybridized carbons (Fsp3) is 0.0667. The number of nitrogen functional groups attached to an aromatic ring is 1. The highest BCUT2D eigenvalue weighted by Gasteiger charge is 2.11. The van der Waals surface area contributed by atoms with Gasteiger partial charge in [-0.3, -0.25) is 10.2 Å². The molecule has 3 aromatic rings. The van der Waals surface area contributed by atoms with Crippen LogP contribution in [-0.2, 0) is 4.79 Å². The standard InChI is InChI=1S/C15H12BrClN4O2S/c16-9-5-8(6-12-14(9)20-15(21-18)24-12)19-13(22)7-23-11-4-2-1-3-10(11)17/h1-6H,7,18H2,(H,19,22)(H,20,21). The molecule has 0 aliphatic heterocycles. The summed E-state index contributed by atoms with van der Waals surface area (Å²) >= 11 is 10.8. The Balaban J connectivity index is 1.70. The van der Waals surface area contributed by atoms with E-state index in [1.165, 1.54) is 11.3 Å². The molecule has 1 aromatic heterocycles. The van der Waals surface area contributed by atoms with E-state index in [1.807, 2.05) is 6.07 Å². The molecule has 0 aliphatic carbocycles. The Hall–Kier alpha value is -1.87. The first-order chi connectivity index (χ1) is 11.6. The summed E-state index contributed by atoms with van der Waals surface area (Å²) in [5, 5.41) is 3.84. The number of carbonyl (C=O) groups excluding carboxylic acids is 1. The van der Waals surface area contributed by atoms with E-state index in [-0.39, 0.29) is 12.5 Å². The zero-order valence-corrected chi connectivity index (χ0v) is 15.3. The summed E-state index contributed by atoms with van der Waals surface area (Å²) in [6.45, 7) is -0.141. The van der Waals surface area contributed by atoms with Gasteiger partial charge in [0.25, 0.3) is 5.91 Å². The first-order valence-corrected chi connectivity index (χ1v) is 8.79. The average Bonchev–Trinajstić information content (AvgIpc) is 2.98. The van der Waals surface area contributed by atoms with Crippen molar-refractivity contribution in [2.24, 2.45) is 5.84 Å². The van der Waals surface area contributed by atoms with Gasteiger partial charge in [0.2, 0.25) is 0 Å². The van der Waals surface area contributed by atoms with Gasteiger partial charge in [-0.1, -0.05) is 35.1 Å². The van der Waals surface area contributed by atoms with Crippen LogP contribution in [0.2, 0.25) is 5.02 Å². The minimum absolute atomic E-state index is 0.141. The monoisotopic (exact) mass is 426 g/mol. The van der Waals surface area contributed by atoms with Crippen LogP contribution in [0.4, 0.5) is 10.8 Å². The topological polar surface area (TPSA) is 89.3 Å². The second-order valence-electron chi connectivity index (χ2n) is 4.74. The summed E-state index contributed by atoms with van der Waals surface area (Å²) in [7, 11) is 0. The second-order valence-corrected chi connectivity index (χ2v) is 7.03. The summed E-state index contributed by atoms with van der Waals surface area (Å²) in [5.41, 5.74) is 3.92. The summed E-state index contributed by atoms with van der Waals surface area (Å²) in [6.07, 6.45) is 0. The molecule has 1 heterocycles. The number of aromatic nitrogens is 1. The molecule has 0 spiro atoms. The third-order valence-electron chi connectivity index (χ3n) is 3.05. The number of amides is 1. The first kappa shape index (κ1) is 17.0. The molecular formula is C15H12BrClN4O2S. The van der Waals surface area contributed by atoms with Gasteiger partial charge < -0.3 is 10.1 Å². The molecule has 0 saturated carbocycles. The minimum Gasteiger partial charge on any atom is -0.482 e. The number of carbonyl (C=O) groups is 1. The number of thiazole rings is 1. The smallest absolute Gasteiger partial charge is 0.262 e. The first-order valence-electron chi connectivity index (χ1n) is 6.80. The van der Waals surface area contributed by atoms with E-state index in [4.69, 9.17) is 22.2 Å². The van der Waals surface area contributed by atoms with E-state index in [2.05, 4.69) is 31.7 Å². The Morgan fingerprint density at radius 2 is 2.17 bits per heavy atom. The lowest BCUT2D eigenvalue weighted by Gasteiger charge is -2.09. The van der Waals surface area contributed by atoms with E-state index in [0.717, 1.165) is 14.7 Å². The van der Waals surface area contributed by atoms with E-state index in [1.54, 1.807) is 30.3 Å². The maximum absolute atomic E-state index is 12.1. The largest absolute Gasteiger partial charge is 0.482 e. The number of para-hydroxylation sites is 1. The molecule has 0 saturated heterocycles. The molecule has 4 N–H and O–H groups in total. The Bertz CT molecular complexity index is 902. The quantitative estimate of drug-likeness (QED) is 0.423. The van der Waals surface area contributed by atoms with Gasteiger partial charge in [0.05, 0.1) is 15.2 Å². The maximum atomic E-state index is 12.1. The van der Waals surface area contributed by atoms with Crippen LogP contribution < -0.4 is 21.3 Å². The van der Waals surface area contributed by atoms with Crippen LogP contribution in [0.15, 0.2) is 40.9 Å². The number of benzene rings is 2. The van der Waals surface area contributed by atoms with E-state index < -0.39 is 0 Å². The minimum atomic E-state index is -0.289. The number of rotatable bonds is 5. The molecule has 2 aromatic carbocycles. The maximum Gasteiger partial charge on any atom is 0.262 e. The van der Waals surface area contributed by atoms with Crippen molar-refractivity contribution in [2.45, 2.75) is 0 Å². The van der Waals surface area contributed by atoms with Gasteiger partial charge in [-0.05, 0) is 40.2 Å². The number of nitrogens with two attached hydrogens (primary N) is 1. The molecule has 6 nitrogen and oxygen atoms in total. The van der Waals surface area contributed by atoms with Gasteiger partial charge in [-0.25, -0.2) is 10.8 Å². The third-order valence-corrected chi connectivity index (χ3v) is 4.90. The number of nitrogens with zero attached hydrogens (tertiary/aromatic N) is 1. The van der Waals surface area contributed by atoms with E-state index in [9.17, 15) is 4.79 Å². The Kier molecular flexibility index (Phi) is 5.20. The number of ether oxygens (including phenoxy) is 1. The van der Waals surface area contributed by atoms with E-state index in [0.29, 0.717) is 21.6 Å². The molecule has 0 bridgehead atoms. The van der Waals surface area contributed by atoms with Gasteiger partial charge in [-0.2, -0.15) is 0 Å². The summed E-state index contributed by atoms with van der Waals surface area (Å²) in [6, 6.07) is 10.6. The van der Waals surface area contributed by atoms with Crippen molar-refractivity contribution in [1.82, 2.24) is 4.98 Å². The summed E-state index contributed by atoms with van der Waals surface area (Å²) < 4.78 is 7.07.